The predicted octanol–water partition coefficient (Wildman–Crippen LogP) is 3.46. The van der Waals surface area contributed by atoms with Gasteiger partial charge < -0.3 is 4.74 Å². The van der Waals surface area contributed by atoms with E-state index in [0.717, 1.165) is 25.7 Å². The lowest BCUT2D eigenvalue weighted by Crippen LogP contribution is -2.56. The van der Waals surface area contributed by atoms with Crippen LogP contribution >= 0.6 is 0 Å². The summed E-state index contributed by atoms with van der Waals surface area (Å²) in [4.78, 5) is 25.1. The highest BCUT2D eigenvalue weighted by Crippen LogP contribution is 2.72. The van der Waals surface area contributed by atoms with Crippen molar-refractivity contribution < 1.29 is 14.3 Å². The molecule has 0 aromatic rings. The Morgan fingerprint density at radius 3 is 2.74 bits per heavy atom. The Labute approximate surface area is 137 Å². The van der Waals surface area contributed by atoms with Gasteiger partial charge in [-0.2, -0.15) is 0 Å². The van der Waals surface area contributed by atoms with Crippen molar-refractivity contribution in [1.82, 2.24) is 0 Å². The Morgan fingerprint density at radius 1 is 1.17 bits per heavy atom. The second-order valence-electron chi connectivity index (χ2n) is 9.35. The van der Waals surface area contributed by atoms with Gasteiger partial charge in [-0.1, -0.05) is 19.4 Å². The van der Waals surface area contributed by atoms with Gasteiger partial charge in [-0.15, -0.1) is 0 Å². The minimum Gasteiger partial charge on any atom is -0.366 e. The number of hydrogen-bond donors (Lipinski definition) is 0. The van der Waals surface area contributed by atoms with E-state index in [4.69, 9.17) is 4.74 Å². The number of ether oxygens (including phenoxy) is 1. The molecular formula is C20H26O3. The maximum absolute atomic E-state index is 13.3. The second kappa shape index (κ2) is 3.99. The van der Waals surface area contributed by atoms with Gasteiger partial charge in [-0.3, -0.25) is 9.59 Å². The summed E-state index contributed by atoms with van der Waals surface area (Å²) in [6.07, 6.45) is 7.61. The van der Waals surface area contributed by atoms with Gasteiger partial charge in [0.25, 0.3) is 0 Å². The van der Waals surface area contributed by atoms with Gasteiger partial charge in [0.2, 0.25) is 0 Å². The highest BCUT2D eigenvalue weighted by atomic mass is 16.6. The van der Waals surface area contributed by atoms with Crippen LogP contribution in [0.2, 0.25) is 0 Å². The highest BCUT2D eigenvalue weighted by Gasteiger charge is 2.76. The van der Waals surface area contributed by atoms with Crippen LogP contribution in [0.25, 0.3) is 0 Å². The van der Waals surface area contributed by atoms with Crippen molar-refractivity contribution >= 4 is 11.6 Å². The number of ketones is 2. The first-order valence-corrected chi connectivity index (χ1v) is 9.24. The van der Waals surface area contributed by atoms with Crippen molar-refractivity contribution in [2.24, 2.45) is 28.6 Å². The first-order chi connectivity index (χ1) is 10.8. The van der Waals surface area contributed by atoms with Crippen molar-refractivity contribution in [3.63, 3.8) is 0 Å². The fourth-order valence-electron chi connectivity index (χ4n) is 7.00. The van der Waals surface area contributed by atoms with Crippen LogP contribution in [0.15, 0.2) is 11.6 Å². The number of fused-ring (bicyclic) bond motifs is 7. The van der Waals surface area contributed by atoms with E-state index in [2.05, 4.69) is 20.8 Å². The van der Waals surface area contributed by atoms with Crippen LogP contribution in [0.5, 0.6) is 0 Å². The second-order valence-corrected chi connectivity index (χ2v) is 9.35. The monoisotopic (exact) mass is 314 g/mol. The van der Waals surface area contributed by atoms with E-state index < -0.39 is 0 Å². The zero-order chi connectivity index (χ0) is 16.2. The van der Waals surface area contributed by atoms with Crippen LogP contribution in [0.4, 0.5) is 0 Å². The first kappa shape index (κ1) is 14.4. The number of allylic oxidation sites excluding steroid dienone is 1. The third-order valence-electron chi connectivity index (χ3n) is 8.59. The smallest absolute Gasteiger partial charge is 0.155 e. The average Bonchev–Trinajstić information content (AvgIpc) is 3.09. The molecule has 0 amide bonds. The molecule has 0 bridgehead atoms. The van der Waals surface area contributed by atoms with Gasteiger partial charge in [0, 0.05) is 24.2 Å². The van der Waals surface area contributed by atoms with Gasteiger partial charge in [0.15, 0.2) is 5.78 Å². The molecule has 1 heterocycles. The van der Waals surface area contributed by atoms with Crippen molar-refractivity contribution in [2.75, 3.05) is 0 Å². The minimum atomic E-state index is -0.0657. The largest absolute Gasteiger partial charge is 0.366 e. The molecule has 23 heavy (non-hydrogen) atoms. The van der Waals surface area contributed by atoms with E-state index >= 15 is 0 Å². The Kier molecular flexibility index (Phi) is 2.49. The van der Waals surface area contributed by atoms with E-state index in [0.29, 0.717) is 36.6 Å². The predicted molar refractivity (Wildman–Crippen MR) is 85.8 cm³/mol. The third-order valence-corrected chi connectivity index (χ3v) is 8.59. The number of carbonyl (C=O) groups excluding carboxylic acids is 2. The van der Waals surface area contributed by atoms with Crippen molar-refractivity contribution in [3.05, 3.63) is 11.6 Å². The Bertz CT molecular complexity index is 664. The molecule has 3 heteroatoms. The molecular weight excluding hydrogens is 288 g/mol. The normalized spacial score (nSPS) is 57.1. The molecule has 0 aromatic heterocycles. The zero-order valence-electron chi connectivity index (χ0n) is 14.4. The minimum absolute atomic E-state index is 0.0258. The Morgan fingerprint density at radius 2 is 1.96 bits per heavy atom. The summed E-state index contributed by atoms with van der Waals surface area (Å²) < 4.78 is 5.98. The standard InChI is InChI=1S/C20H26O3/c1-18-7-6-12(21)8-11(18)4-5-13-14-9-16-20(3,23-16)19(14,2)10-15(22)17(13)18/h8,13-14,16-17H,4-7,9-10H2,1-3H3/t13?,14?,16-,17?,18+,19+,20-/m1/s1. The van der Waals surface area contributed by atoms with E-state index in [1.54, 1.807) is 0 Å². The molecule has 0 aromatic carbocycles. The molecule has 5 rings (SSSR count). The lowest BCUT2D eigenvalue weighted by Gasteiger charge is -2.57. The number of carbonyl (C=O) groups is 2. The molecule has 4 fully saturated rings. The molecule has 5 aliphatic rings. The molecule has 3 saturated carbocycles. The number of epoxide rings is 1. The molecule has 3 unspecified atom stereocenters. The highest BCUT2D eigenvalue weighted by molar-refractivity contribution is 5.93. The van der Waals surface area contributed by atoms with Crippen LogP contribution in [-0.4, -0.2) is 23.3 Å². The van der Waals surface area contributed by atoms with Gasteiger partial charge in [0.05, 0.1) is 11.7 Å². The lowest BCUT2D eigenvalue weighted by atomic mass is 9.46. The molecule has 1 aliphatic heterocycles. The Balaban J connectivity index is 1.58. The molecule has 1 saturated heterocycles. The summed E-state index contributed by atoms with van der Waals surface area (Å²) in [7, 11) is 0. The number of rotatable bonds is 0. The van der Waals surface area contributed by atoms with Crippen molar-refractivity contribution in [2.45, 2.75) is 71.0 Å². The quantitative estimate of drug-likeness (QED) is 0.643. The topological polar surface area (TPSA) is 46.7 Å². The molecule has 3 nitrogen and oxygen atoms in total. The number of hydrogen-bond acceptors (Lipinski definition) is 3. The van der Waals surface area contributed by atoms with E-state index in [1.165, 1.54) is 5.57 Å². The van der Waals surface area contributed by atoms with Gasteiger partial charge >= 0.3 is 0 Å². The molecule has 4 aliphatic carbocycles. The van der Waals surface area contributed by atoms with Crippen LogP contribution < -0.4 is 0 Å². The van der Waals surface area contributed by atoms with Crippen molar-refractivity contribution in [3.8, 4) is 0 Å². The fraction of sp³-hybridized carbons (Fsp3) is 0.800. The van der Waals surface area contributed by atoms with E-state index in [1.807, 2.05) is 6.08 Å². The zero-order valence-corrected chi connectivity index (χ0v) is 14.4. The molecule has 0 spiro atoms. The Hall–Kier alpha value is -0.960. The summed E-state index contributed by atoms with van der Waals surface area (Å²) >= 11 is 0. The summed E-state index contributed by atoms with van der Waals surface area (Å²) in [6.45, 7) is 6.79. The van der Waals surface area contributed by atoms with Crippen LogP contribution in [0.1, 0.15) is 59.3 Å². The van der Waals surface area contributed by atoms with Gasteiger partial charge in [0.1, 0.15) is 5.78 Å². The van der Waals surface area contributed by atoms with E-state index in [-0.39, 0.29) is 28.1 Å². The van der Waals surface area contributed by atoms with Crippen LogP contribution in [0.3, 0.4) is 0 Å². The van der Waals surface area contributed by atoms with Crippen molar-refractivity contribution in [1.29, 1.82) is 0 Å². The summed E-state index contributed by atoms with van der Waals surface area (Å²) in [6, 6.07) is 0. The van der Waals surface area contributed by atoms with E-state index in [9.17, 15) is 9.59 Å². The van der Waals surface area contributed by atoms with Gasteiger partial charge in [-0.25, -0.2) is 0 Å². The molecule has 0 N–H and O–H groups in total. The molecule has 7 atom stereocenters. The molecule has 124 valence electrons. The van der Waals surface area contributed by atoms with Gasteiger partial charge in [-0.05, 0) is 55.9 Å². The summed E-state index contributed by atoms with van der Waals surface area (Å²) in [5.41, 5.74) is 1.16. The molecule has 0 radical (unpaired) electrons. The first-order valence-electron chi connectivity index (χ1n) is 9.24. The summed E-state index contributed by atoms with van der Waals surface area (Å²) in [5.74, 6) is 1.94. The maximum Gasteiger partial charge on any atom is 0.155 e. The SMILES string of the molecule is C[C@]12CCC(=O)C=C1CCC1C2C(=O)C[C@@]2(C)C1C[C@H]1O[C@]12C. The lowest BCUT2D eigenvalue weighted by molar-refractivity contribution is -0.150. The summed E-state index contributed by atoms with van der Waals surface area (Å²) in [5, 5.41) is 0. The average molecular weight is 314 g/mol. The van der Waals surface area contributed by atoms with Crippen LogP contribution in [0, 0.1) is 28.6 Å². The van der Waals surface area contributed by atoms with Crippen LogP contribution in [-0.2, 0) is 14.3 Å². The maximum atomic E-state index is 13.3. The third kappa shape index (κ3) is 1.51. The fourth-order valence-corrected chi connectivity index (χ4v) is 7.00. The number of Topliss-reactive ketones (excluding diaryl/α,β-unsaturated/α-hetero) is 1.